The molecule has 0 unspecified atom stereocenters. The van der Waals surface area contributed by atoms with E-state index in [0.29, 0.717) is 23.9 Å². The monoisotopic (exact) mass is 302 g/mol. The van der Waals surface area contributed by atoms with E-state index < -0.39 is 10.0 Å². The zero-order valence-electron chi connectivity index (χ0n) is 11.4. The van der Waals surface area contributed by atoms with Crippen LogP contribution in [0.4, 0.5) is 5.69 Å². The Bertz CT molecular complexity index is 487. The first-order chi connectivity index (χ1) is 8.91. The molecule has 0 aliphatic rings. The van der Waals surface area contributed by atoms with Crippen molar-refractivity contribution in [3.63, 3.8) is 0 Å². The van der Waals surface area contributed by atoms with Gasteiger partial charge in [0.05, 0.1) is 5.75 Å². The molecule has 1 rings (SSSR count). The molecule has 0 saturated heterocycles. The lowest BCUT2D eigenvalue weighted by Crippen LogP contribution is -2.28. The van der Waals surface area contributed by atoms with E-state index in [0.717, 1.165) is 11.3 Å². The summed E-state index contributed by atoms with van der Waals surface area (Å²) in [6.07, 6.45) is 0.859. The van der Waals surface area contributed by atoms with Gasteiger partial charge in [0.25, 0.3) is 0 Å². The fraction of sp³-hybridized carbons (Fsp3) is 0.538. The molecule has 0 heterocycles. The van der Waals surface area contributed by atoms with Gasteiger partial charge in [-0.3, -0.25) is 0 Å². The molecule has 0 atom stereocenters. The minimum atomic E-state index is -3.17. The maximum absolute atomic E-state index is 11.7. The number of hydrogen-bond donors (Lipinski definition) is 2. The van der Waals surface area contributed by atoms with Crippen molar-refractivity contribution in [2.24, 2.45) is 5.92 Å². The Labute approximate surface area is 120 Å². The van der Waals surface area contributed by atoms with Crippen LogP contribution in [0.15, 0.2) is 29.2 Å². The van der Waals surface area contributed by atoms with Gasteiger partial charge in [0, 0.05) is 22.9 Å². The van der Waals surface area contributed by atoms with E-state index in [9.17, 15) is 8.42 Å². The van der Waals surface area contributed by atoms with Gasteiger partial charge in [0.2, 0.25) is 10.0 Å². The number of rotatable bonds is 8. The summed E-state index contributed by atoms with van der Waals surface area (Å²) in [4.78, 5) is 0.930. The highest BCUT2D eigenvalue weighted by Crippen LogP contribution is 2.24. The number of nitrogen functional groups attached to an aromatic ring is 1. The second kappa shape index (κ2) is 7.77. The molecule has 0 amide bonds. The van der Waals surface area contributed by atoms with Crippen LogP contribution < -0.4 is 10.5 Å². The molecule has 1 aromatic carbocycles. The first-order valence-electron chi connectivity index (χ1n) is 6.35. The fourth-order valence-electron chi connectivity index (χ4n) is 1.45. The first-order valence-corrected chi connectivity index (χ1v) is 8.99. The molecular formula is C13H22N2O2S2. The van der Waals surface area contributed by atoms with Crippen molar-refractivity contribution in [2.75, 3.05) is 23.8 Å². The highest BCUT2D eigenvalue weighted by molar-refractivity contribution is 8.00. The van der Waals surface area contributed by atoms with Gasteiger partial charge in [0.1, 0.15) is 0 Å². The summed E-state index contributed by atoms with van der Waals surface area (Å²) in [6.45, 7) is 4.66. The SMILES string of the molecule is CC(C)CCNS(=O)(=O)CCSc1ccccc1N. The minimum Gasteiger partial charge on any atom is -0.398 e. The van der Waals surface area contributed by atoms with Crippen molar-refractivity contribution in [1.82, 2.24) is 4.72 Å². The summed E-state index contributed by atoms with van der Waals surface area (Å²) >= 11 is 1.47. The van der Waals surface area contributed by atoms with Gasteiger partial charge in [0.15, 0.2) is 0 Å². The Morgan fingerprint density at radius 3 is 2.63 bits per heavy atom. The van der Waals surface area contributed by atoms with Gasteiger partial charge in [-0.05, 0) is 24.5 Å². The smallest absolute Gasteiger partial charge is 0.212 e. The standard InChI is InChI=1S/C13H22N2O2S2/c1-11(2)7-8-15-19(16,17)10-9-18-13-6-4-3-5-12(13)14/h3-6,11,15H,7-10,14H2,1-2H3. The van der Waals surface area contributed by atoms with E-state index in [-0.39, 0.29) is 5.75 Å². The number of sulfonamides is 1. The van der Waals surface area contributed by atoms with Gasteiger partial charge >= 0.3 is 0 Å². The van der Waals surface area contributed by atoms with Crippen LogP contribution in [0.2, 0.25) is 0 Å². The number of nitrogens with two attached hydrogens (primary N) is 1. The second-order valence-corrected chi connectivity index (χ2v) is 7.85. The van der Waals surface area contributed by atoms with Crippen LogP contribution in [-0.4, -0.2) is 26.5 Å². The molecule has 0 spiro atoms. The number of para-hydroxylation sites is 1. The van der Waals surface area contributed by atoms with Crippen LogP contribution in [0.25, 0.3) is 0 Å². The Morgan fingerprint density at radius 1 is 1.32 bits per heavy atom. The fourth-order valence-corrected chi connectivity index (χ4v) is 3.86. The molecule has 0 radical (unpaired) electrons. The van der Waals surface area contributed by atoms with E-state index in [2.05, 4.69) is 18.6 Å². The molecule has 108 valence electrons. The number of thioether (sulfide) groups is 1. The minimum absolute atomic E-state index is 0.115. The summed E-state index contributed by atoms with van der Waals surface area (Å²) in [5.41, 5.74) is 6.49. The van der Waals surface area contributed by atoms with Crippen LogP contribution >= 0.6 is 11.8 Å². The maximum Gasteiger partial charge on any atom is 0.212 e. The van der Waals surface area contributed by atoms with Gasteiger partial charge in [-0.25, -0.2) is 13.1 Å². The predicted molar refractivity (Wildman–Crippen MR) is 82.8 cm³/mol. The van der Waals surface area contributed by atoms with Crippen molar-refractivity contribution in [1.29, 1.82) is 0 Å². The van der Waals surface area contributed by atoms with Crippen molar-refractivity contribution in [3.8, 4) is 0 Å². The van der Waals surface area contributed by atoms with Crippen LogP contribution in [0.5, 0.6) is 0 Å². The average molecular weight is 302 g/mol. The van der Waals surface area contributed by atoms with Crippen LogP contribution in [-0.2, 0) is 10.0 Å². The Morgan fingerprint density at radius 2 is 2.00 bits per heavy atom. The molecular weight excluding hydrogens is 280 g/mol. The van der Waals surface area contributed by atoms with Crippen molar-refractivity contribution < 1.29 is 8.42 Å². The van der Waals surface area contributed by atoms with Gasteiger partial charge < -0.3 is 5.73 Å². The van der Waals surface area contributed by atoms with Gasteiger partial charge in [-0.15, -0.1) is 11.8 Å². The van der Waals surface area contributed by atoms with Crippen molar-refractivity contribution >= 4 is 27.5 Å². The normalized spacial score (nSPS) is 11.9. The third kappa shape index (κ3) is 6.84. The molecule has 3 N–H and O–H groups in total. The molecule has 0 aromatic heterocycles. The summed E-state index contributed by atoms with van der Waals surface area (Å²) in [6, 6.07) is 7.48. The molecule has 0 aliphatic carbocycles. The lowest BCUT2D eigenvalue weighted by molar-refractivity contribution is 0.552. The quantitative estimate of drug-likeness (QED) is 0.571. The van der Waals surface area contributed by atoms with Crippen LogP contribution in [0.1, 0.15) is 20.3 Å². The molecule has 6 heteroatoms. The van der Waals surface area contributed by atoms with E-state index in [1.807, 2.05) is 24.3 Å². The Hall–Kier alpha value is -0.720. The maximum atomic E-state index is 11.7. The zero-order chi connectivity index (χ0) is 14.3. The Kier molecular flexibility index (Phi) is 6.68. The Balaban J connectivity index is 2.34. The largest absolute Gasteiger partial charge is 0.398 e. The van der Waals surface area contributed by atoms with E-state index >= 15 is 0 Å². The summed E-state index contributed by atoms with van der Waals surface area (Å²) < 4.78 is 26.1. The van der Waals surface area contributed by atoms with Gasteiger partial charge in [-0.2, -0.15) is 0 Å². The molecule has 0 aliphatic heterocycles. The van der Waals surface area contributed by atoms with Crippen LogP contribution in [0, 0.1) is 5.92 Å². The van der Waals surface area contributed by atoms with E-state index in [1.165, 1.54) is 11.8 Å². The van der Waals surface area contributed by atoms with E-state index in [4.69, 9.17) is 5.73 Å². The number of benzene rings is 1. The number of nitrogens with one attached hydrogen (secondary N) is 1. The topological polar surface area (TPSA) is 72.2 Å². The highest BCUT2D eigenvalue weighted by atomic mass is 32.2. The molecule has 4 nitrogen and oxygen atoms in total. The number of hydrogen-bond acceptors (Lipinski definition) is 4. The summed E-state index contributed by atoms with van der Waals surface area (Å²) in [7, 11) is -3.17. The first kappa shape index (κ1) is 16.3. The van der Waals surface area contributed by atoms with Crippen LogP contribution in [0.3, 0.4) is 0 Å². The molecule has 0 saturated carbocycles. The van der Waals surface area contributed by atoms with Gasteiger partial charge in [-0.1, -0.05) is 26.0 Å². The number of anilines is 1. The van der Waals surface area contributed by atoms with Crippen molar-refractivity contribution in [3.05, 3.63) is 24.3 Å². The highest BCUT2D eigenvalue weighted by Gasteiger charge is 2.10. The third-order valence-electron chi connectivity index (χ3n) is 2.57. The average Bonchev–Trinajstić information content (AvgIpc) is 2.30. The molecule has 19 heavy (non-hydrogen) atoms. The lowest BCUT2D eigenvalue weighted by atomic mass is 10.1. The molecule has 0 bridgehead atoms. The predicted octanol–water partition coefficient (Wildman–Crippen LogP) is 2.33. The third-order valence-corrected chi connectivity index (χ3v) is 5.31. The lowest BCUT2D eigenvalue weighted by Gasteiger charge is -2.08. The summed E-state index contributed by atoms with van der Waals surface area (Å²) in [5, 5.41) is 0. The molecule has 0 fully saturated rings. The van der Waals surface area contributed by atoms with E-state index in [1.54, 1.807) is 0 Å². The zero-order valence-corrected chi connectivity index (χ0v) is 13.1. The summed E-state index contributed by atoms with van der Waals surface area (Å²) in [5.74, 6) is 1.12. The van der Waals surface area contributed by atoms with Crippen molar-refractivity contribution in [2.45, 2.75) is 25.2 Å². The second-order valence-electron chi connectivity index (χ2n) is 4.78. The molecule has 1 aromatic rings.